The number of amides is 1. The summed E-state index contributed by atoms with van der Waals surface area (Å²) in [7, 11) is 0. The molecule has 1 aromatic rings. The van der Waals surface area contributed by atoms with E-state index in [1.165, 1.54) is 12.1 Å². The number of carbonyl (C=O) groups is 2. The summed E-state index contributed by atoms with van der Waals surface area (Å²) in [4.78, 5) is 23.5. The molecule has 1 saturated heterocycles. The second-order valence-corrected chi connectivity index (χ2v) is 4.88. The van der Waals surface area contributed by atoms with Gasteiger partial charge in [-0.3, -0.25) is 9.59 Å². The van der Waals surface area contributed by atoms with Crippen molar-refractivity contribution in [3.63, 3.8) is 0 Å². The number of hydrogen-bond donors (Lipinski definition) is 3. The summed E-state index contributed by atoms with van der Waals surface area (Å²) in [5.74, 6) is -2.93. The fraction of sp³-hybridized carbons (Fsp3) is 0.286. The number of anilines is 1. The van der Waals surface area contributed by atoms with Gasteiger partial charge in [0.15, 0.2) is 0 Å². The van der Waals surface area contributed by atoms with Crippen LogP contribution in [0, 0.1) is 11.8 Å². The van der Waals surface area contributed by atoms with E-state index in [9.17, 15) is 19.8 Å². The van der Waals surface area contributed by atoms with Gasteiger partial charge in [0.1, 0.15) is 11.7 Å². The van der Waals surface area contributed by atoms with Crippen molar-refractivity contribution in [2.45, 2.75) is 12.2 Å². The van der Waals surface area contributed by atoms with Crippen molar-refractivity contribution < 1.29 is 24.5 Å². The van der Waals surface area contributed by atoms with Crippen molar-refractivity contribution >= 4 is 17.6 Å². The van der Waals surface area contributed by atoms with E-state index in [0.717, 1.165) is 0 Å². The Balaban J connectivity index is 1.78. The van der Waals surface area contributed by atoms with Crippen molar-refractivity contribution in [3.05, 3.63) is 36.4 Å². The molecule has 4 atom stereocenters. The Morgan fingerprint density at radius 3 is 2.25 bits per heavy atom. The minimum absolute atomic E-state index is 0.0950. The zero-order valence-electron chi connectivity index (χ0n) is 10.4. The first-order chi connectivity index (χ1) is 9.56. The highest BCUT2D eigenvalue weighted by atomic mass is 16.5. The van der Waals surface area contributed by atoms with E-state index in [2.05, 4.69) is 5.32 Å². The summed E-state index contributed by atoms with van der Waals surface area (Å²) < 4.78 is 5.44. The maximum Gasteiger partial charge on any atom is 0.310 e. The van der Waals surface area contributed by atoms with Gasteiger partial charge in [-0.2, -0.15) is 0 Å². The Hall–Kier alpha value is -2.34. The highest BCUT2D eigenvalue weighted by Gasteiger charge is 2.53. The molecule has 0 spiro atoms. The van der Waals surface area contributed by atoms with Crippen molar-refractivity contribution in [2.24, 2.45) is 11.8 Å². The first-order valence-corrected chi connectivity index (χ1v) is 6.23. The minimum atomic E-state index is -1.03. The van der Waals surface area contributed by atoms with E-state index in [1.807, 2.05) is 0 Å². The van der Waals surface area contributed by atoms with Crippen molar-refractivity contribution in [1.82, 2.24) is 0 Å². The molecule has 0 saturated carbocycles. The lowest BCUT2D eigenvalue weighted by Crippen LogP contribution is -2.39. The number of hydrogen-bond acceptors (Lipinski definition) is 4. The van der Waals surface area contributed by atoms with Crippen LogP contribution in [-0.2, 0) is 14.3 Å². The van der Waals surface area contributed by atoms with Crippen molar-refractivity contribution in [3.8, 4) is 5.75 Å². The number of carbonyl (C=O) groups excluding carboxylic acids is 1. The van der Waals surface area contributed by atoms with Gasteiger partial charge >= 0.3 is 5.97 Å². The van der Waals surface area contributed by atoms with Crippen LogP contribution in [0.25, 0.3) is 0 Å². The Morgan fingerprint density at radius 1 is 1.05 bits per heavy atom. The monoisotopic (exact) mass is 275 g/mol. The van der Waals surface area contributed by atoms with Crippen molar-refractivity contribution in [1.29, 1.82) is 0 Å². The maximum atomic E-state index is 12.3. The molecule has 104 valence electrons. The largest absolute Gasteiger partial charge is 0.508 e. The molecule has 6 nitrogen and oxygen atoms in total. The summed E-state index contributed by atoms with van der Waals surface area (Å²) in [6.45, 7) is 0. The summed E-state index contributed by atoms with van der Waals surface area (Å²) in [6.07, 6.45) is 2.39. The van der Waals surface area contributed by atoms with E-state index in [0.29, 0.717) is 5.69 Å². The second-order valence-electron chi connectivity index (χ2n) is 4.88. The van der Waals surface area contributed by atoms with E-state index in [-0.39, 0.29) is 11.7 Å². The van der Waals surface area contributed by atoms with Crippen LogP contribution in [0.4, 0.5) is 5.69 Å². The summed E-state index contributed by atoms with van der Waals surface area (Å²) in [5, 5.41) is 21.1. The lowest BCUT2D eigenvalue weighted by atomic mass is 9.82. The number of ether oxygens (including phenoxy) is 1. The van der Waals surface area contributed by atoms with Crippen LogP contribution < -0.4 is 5.32 Å². The quantitative estimate of drug-likeness (QED) is 0.564. The van der Waals surface area contributed by atoms with E-state index < -0.39 is 30.0 Å². The normalized spacial score (nSPS) is 30.4. The number of phenolic OH excluding ortho intramolecular Hbond substituents is 1. The Bertz CT molecular complexity index is 580. The topological polar surface area (TPSA) is 95.9 Å². The number of fused-ring (bicyclic) bond motifs is 2. The van der Waals surface area contributed by atoms with Crippen LogP contribution in [-0.4, -0.2) is 34.3 Å². The van der Waals surface area contributed by atoms with Gasteiger partial charge in [-0.05, 0) is 24.3 Å². The smallest absolute Gasteiger partial charge is 0.310 e. The number of benzene rings is 1. The molecule has 2 heterocycles. The predicted octanol–water partition coefficient (Wildman–Crippen LogP) is 0.985. The van der Waals surface area contributed by atoms with Gasteiger partial charge in [0.25, 0.3) is 0 Å². The lowest BCUT2D eigenvalue weighted by Gasteiger charge is -2.20. The number of nitrogens with one attached hydrogen (secondary N) is 1. The molecule has 3 rings (SSSR count). The van der Waals surface area contributed by atoms with E-state index in [1.54, 1.807) is 24.3 Å². The third kappa shape index (κ3) is 2.04. The molecular formula is C14H13NO5. The van der Waals surface area contributed by atoms with Gasteiger partial charge in [-0.1, -0.05) is 12.2 Å². The zero-order valence-corrected chi connectivity index (χ0v) is 10.4. The Labute approximate surface area is 114 Å². The van der Waals surface area contributed by atoms with Crippen molar-refractivity contribution in [2.75, 3.05) is 5.32 Å². The number of aliphatic carboxylic acids is 1. The van der Waals surface area contributed by atoms with Crippen LogP contribution in [0.15, 0.2) is 36.4 Å². The first-order valence-electron chi connectivity index (χ1n) is 6.23. The van der Waals surface area contributed by atoms with Gasteiger partial charge in [0.05, 0.1) is 18.1 Å². The molecular weight excluding hydrogens is 262 g/mol. The van der Waals surface area contributed by atoms with Gasteiger partial charge in [0, 0.05) is 5.69 Å². The molecule has 3 N–H and O–H groups in total. The molecule has 1 fully saturated rings. The lowest BCUT2D eigenvalue weighted by molar-refractivity contribution is -0.145. The highest BCUT2D eigenvalue weighted by Crippen LogP contribution is 2.39. The summed E-state index contributed by atoms with van der Waals surface area (Å²) >= 11 is 0. The van der Waals surface area contributed by atoms with E-state index >= 15 is 0 Å². The molecule has 2 bridgehead atoms. The van der Waals surface area contributed by atoms with Crippen LogP contribution in [0.3, 0.4) is 0 Å². The van der Waals surface area contributed by atoms with Crippen LogP contribution >= 0.6 is 0 Å². The minimum Gasteiger partial charge on any atom is -0.508 e. The fourth-order valence-corrected chi connectivity index (χ4v) is 2.69. The second kappa shape index (κ2) is 4.64. The van der Waals surface area contributed by atoms with Gasteiger partial charge in [-0.15, -0.1) is 0 Å². The van der Waals surface area contributed by atoms with Crippen LogP contribution in [0.5, 0.6) is 5.75 Å². The number of phenols is 1. The molecule has 0 aliphatic carbocycles. The first kappa shape index (κ1) is 12.7. The SMILES string of the molecule is O=C(O)[C@@H]1[C@H](C(=O)Nc2ccc(O)cc2)[C@@H]2C=C[C@@H]1O2. The predicted molar refractivity (Wildman–Crippen MR) is 69.2 cm³/mol. The number of rotatable bonds is 3. The maximum absolute atomic E-state index is 12.3. The summed E-state index contributed by atoms with van der Waals surface area (Å²) in [6, 6.07) is 5.99. The number of carboxylic acids is 1. The van der Waals surface area contributed by atoms with Gasteiger partial charge in [-0.25, -0.2) is 0 Å². The fourth-order valence-electron chi connectivity index (χ4n) is 2.69. The Morgan fingerprint density at radius 2 is 1.65 bits per heavy atom. The highest BCUT2D eigenvalue weighted by molar-refractivity contribution is 5.96. The zero-order chi connectivity index (χ0) is 14.3. The van der Waals surface area contributed by atoms with Crippen LogP contribution in [0.2, 0.25) is 0 Å². The third-order valence-electron chi connectivity index (χ3n) is 3.62. The number of carboxylic acid groups (broad SMARTS) is 1. The molecule has 0 radical (unpaired) electrons. The molecule has 20 heavy (non-hydrogen) atoms. The molecule has 0 aromatic heterocycles. The summed E-state index contributed by atoms with van der Waals surface area (Å²) in [5.41, 5.74) is 0.503. The Kier molecular flexibility index (Phi) is 2.94. The average molecular weight is 275 g/mol. The number of aromatic hydroxyl groups is 1. The van der Waals surface area contributed by atoms with Crippen LogP contribution in [0.1, 0.15) is 0 Å². The third-order valence-corrected chi connectivity index (χ3v) is 3.62. The standard InChI is InChI=1S/C14H13NO5/c16-8-3-1-7(2-4-8)15-13(17)11-9-5-6-10(20-9)12(11)14(18)19/h1-6,9-12,16H,(H,15,17)(H,18,19)/t9-,10-,11+,12-/m0/s1. The molecule has 6 heteroatoms. The molecule has 1 aromatic carbocycles. The molecule has 1 amide bonds. The van der Waals surface area contributed by atoms with E-state index in [4.69, 9.17) is 4.74 Å². The molecule has 2 aliphatic heterocycles. The molecule has 0 unspecified atom stereocenters. The molecule has 2 aliphatic rings. The van der Waals surface area contributed by atoms with Gasteiger partial charge in [0.2, 0.25) is 5.91 Å². The van der Waals surface area contributed by atoms with Gasteiger partial charge < -0.3 is 20.3 Å². The average Bonchev–Trinajstić information content (AvgIpc) is 3.01.